The van der Waals surface area contributed by atoms with Crippen LogP contribution in [0.5, 0.6) is 0 Å². The van der Waals surface area contributed by atoms with Crippen LogP contribution in [0.15, 0.2) is 0 Å². The molecule has 0 aliphatic rings. The fourth-order valence-corrected chi connectivity index (χ4v) is 0. The summed E-state index contributed by atoms with van der Waals surface area (Å²) in [6, 6.07) is 0. The first-order valence-corrected chi connectivity index (χ1v) is 0. The normalized spacial score (nSPS) is 0. The van der Waals surface area contributed by atoms with Crippen LogP contribution in [-0.2, 0) is 0 Å². The van der Waals surface area contributed by atoms with Crippen molar-refractivity contribution in [3.8, 4) is 0 Å². The molecule has 5 heavy (non-hydrogen) atoms. The first kappa shape index (κ1) is 62.3. The molecule has 5 heteroatoms. The van der Waals surface area contributed by atoms with Gasteiger partial charge >= 0.3 is 0 Å². The SMILES string of the molecule is N.P.[B].[Nd].[SiH4]. The Morgan fingerprint density at radius 3 is 1.00 bits per heavy atom. The van der Waals surface area contributed by atoms with Crippen LogP contribution in [0.4, 0.5) is 0 Å². The second-order valence-electron chi connectivity index (χ2n) is 0. The summed E-state index contributed by atoms with van der Waals surface area (Å²) in [6.07, 6.45) is 0. The number of hydrogen-bond acceptors (Lipinski definition) is 1. The molecular formula is H10BNNdPSi. The molecule has 1 nitrogen and oxygen atoms in total. The molecule has 0 spiro atoms. The van der Waals surface area contributed by atoms with Crippen LogP contribution in [0.2, 0.25) is 0 Å². The summed E-state index contributed by atoms with van der Waals surface area (Å²) >= 11 is 0. The zero-order valence-electron chi connectivity index (χ0n) is 2.49. The molecule has 0 heterocycles. The van der Waals surface area contributed by atoms with Crippen LogP contribution < -0.4 is 6.15 Å². The summed E-state index contributed by atoms with van der Waals surface area (Å²) in [5.74, 6) is 0. The Morgan fingerprint density at radius 1 is 1.00 bits per heavy atom. The van der Waals surface area contributed by atoms with E-state index in [9.17, 15) is 0 Å². The molecule has 1 atom stereocenters. The van der Waals surface area contributed by atoms with Gasteiger partial charge in [0.05, 0.1) is 0 Å². The van der Waals surface area contributed by atoms with Crippen LogP contribution in [-0.4, -0.2) is 19.4 Å². The molecule has 0 saturated heterocycles. The smallest absolute Gasteiger partial charge is 0 e. The summed E-state index contributed by atoms with van der Waals surface area (Å²) in [7, 11) is 0. The van der Waals surface area contributed by atoms with Crippen molar-refractivity contribution >= 4 is 29.3 Å². The minimum atomic E-state index is 0. The average Bonchev–Trinajstić information content (AvgIpc) is 0. The van der Waals surface area contributed by atoms with E-state index in [2.05, 4.69) is 0 Å². The third-order valence-corrected chi connectivity index (χ3v) is 0. The van der Waals surface area contributed by atoms with Gasteiger partial charge in [-0.2, -0.15) is 9.90 Å². The molecule has 0 amide bonds. The van der Waals surface area contributed by atoms with E-state index in [0.29, 0.717) is 0 Å². The summed E-state index contributed by atoms with van der Waals surface area (Å²) in [5.41, 5.74) is 0. The molecule has 31 valence electrons. The van der Waals surface area contributed by atoms with Crippen molar-refractivity contribution in [1.29, 1.82) is 0 Å². The largest absolute Gasteiger partial charge is 0.344 e. The zero-order chi connectivity index (χ0) is 0. The maximum atomic E-state index is 0. The van der Waals surface area contributed by atoms with Gasteiger partial charge in [0, 0.05) is 49.3 Å². The van der Waals surface area contributed by atoms with Gasteiger partial charge in [-0.3, -0.25) is 0 Å². The maximum Gasteiger partial charge on any atom is 0 e. The Hall–Kier alpha value is 2.02. The molecule has 0 fully saturated rings. The molecule has 0 aliphatic heterocycles. The van der Waals surface area contributed by atoms with E-state index >= 15 is 0 Å². The molecule has 0 aromatic rings. The van der Waals surface area contributed by atoms with Gasteiger partial charge in [0.25, 0.3) is 0 Å². The summed E-state index contributed by atoms with van der Waals surface area (Å²) in [6.45, 7) is 0. The number of hydrogen-bond donors (Lipinski definition) is 1. The Bertz CT molecular complexity index is 11.6. The number of rotatable bonds is 0. The molecule has 0 aliphatic carbocycles. The van der Waals surface area contributed by atoms with Crippen molar-refractivity contribution in [2.45, 2.75) is 0 Å². The van der Waals surface area contributed by atoms with E-state index < -0.39 is 0 Å². The molecule has 3 radical (unpaired) electrons. The Kier molecular flexibility index (Phi) is 463. The van der Waals surface area contributed by atoms with Gasteiger partial charge in [0.15, 0.2) is 0 Å². The van der Waals surface area contributed by atoms with Crippen molar-refractivity contribution in [2.24, 2.45) is 0 Å². The molecule has 0 aromatic heterocycles. The predicted molar refractivity (Wildman–Crippen MR) is 33.2 cm³/mol. The van der Waals surface area contributed by atoms with E-state index in [1.54, 1.807) is 0 Å². The van der Waals surface area contributed by atoms with Crippen molar-refractivity contribution < 1.29 is 40.8 Å². The van der Waals surface area contributed by atoms with E-state index in [1.165, 1.54) is 0 Å². The van der Waals surface area contributed by atoms with Crippen molar-refractivity contribution in [3.63, 3.8) is 0 Å². The second-order valence-corrected chi connectivity index (χ2v) is 0. The summed E-state index contributed by atoms with van der Waals surface area (Å²) in [5, 5.41) is 0. The van der Waals surface area contributed by atoms with Crippen molar-refractivity contribution in [3.05, 3.63) is 0 Å². The minimum absolute atomic E-state index is 0. The minimum Gasteiger partial charge on any atom is -0.344 e. The Morgan fingerprint density at radius 2 is 1.00 bits per heavy atom. The molecule has 3 N–H and O–H groups in total. The van der Waals surface area contributed by atoms with Crippen LogP contribution in [0, 0.1) is 40.8 Å². The predicted octanol–water partition coefficient (Wildman–Crippen LogP) is -1.61. The first-order chi connectivity index (χ1) is 0. The summed E-state index contributed by atoms with van der Waals surface area (Å²) in [4.78, 5) is 0. The third-order valence-electron chi connectivity index (χ3n) is 0. The van der Waals surface area contributed by atoms with Crippen LogP contribution in [0.3, 0.4) is 0 Å². The Balaban J connectivity index is 0. The van der Waals surface area contributed by atoms with Crippen LogP contribution >= 0.6 is 9.90 Å². The van der Waals surface area contributed by atoms with Gasteiger partial charge in [-0.1, -0.05) is 0 Å². The molecule has 1 unspecified atom stereocenters. The van der Waals surface area contributed by atoms with E-state index in [0.717, 1.165) is 0 Å². The second kappa shape index (κ2) is 37.1. The molecule has 0 bridgehead atoms. The fourth-order valence-electron chi connectivity index (χ4n) is 0. The van der Waals surface area contributed by atoms with Crippen molar-refractivity contribution in [1.82, 2.24) is 6.15 Å². The maximum absolute atomic E-state index is 0. The van der Waals surface area contributed by atoms with Crippen molar-refractivity contribution in [2.75, 3.05) is 0 Å². The van der Waals surface area contributed by atoms with Crippen LogP contribution in [0.1, 0.15) is 0 Å². The van der Waals surface area contributed by atoms with Gasteiger partial charge < -0.3 is 6.15 Å². The van der Waals surface area contributed by atoms with Crippen LogP contribution in [0.25, 0.3) is 0 Å². The quantitative estimate of drug-likeness (QED) is 0.400. The van der Waals surface area contributed by atoms with E-state index in [-0.39, 0.29) is 76.3 Å². The molecule has 0 aromatic carbocycles. The summed E-state index contributed by atoms with van der Waals surface area (Å²) < 4.78 is 0. The molecule has 0 rings (SSSR count). The van der Waals surface area contributed by atoms with Gasteiger partial charge in [-0.25, -0.2) is 0 Å². The monoisotopic (exact) mass is 236 g/mol. The van der Waals surface area contributed by atoms with E-state index in [1.807, 2.05) is 0 Å². The molecule has 0 saturated carbocycles. The van der Waals surface area contributed by atoms with Gasteiger partial charge in [0.1, 0.15) is 0 Å². The fraction of sp³-hybridized carbons (Fsp3) is 0. The van der Waals surface area contributed by atoms with Gasteiger partial charge in [0.2, 0.25) is 0 Å². The average molecular weight is 238 g/mol. The zero-order valence-corrected chi connectivity index (χ0v) is 7.11. The van der Waals surface area contributed by atoms with Gasteiger partial charge in [-0.15, -0.1) is 0 Å². The molecular weight excluding hydrogens is 228 g/mol. The topological polar surface area (TPSA) is 35.0 Å². The third kappa shape index (κ3) is 23.8. The first-order valence-electron chi connectivity index (χ1n) is 0. The Labute approximate surface area is 75.4 Å². The van der Waals surface area contributed by atoms with E-state index in [4.69, 9.17) is 0 Å². The standard InChI is InChI=1S/B.H3N.Nd.H3P.H4Si/h;1H3;;1H3;1H4. The van der Waals surface area contributed by atoms with Gasteiger partial charge in [-0.05, 0) is 11.0 Å².